The molecular weight excluding hydrogens is 172 g/mol. The topological polar surface area (TPSA) is 25.8 Å². The minimum Gasteiger partial charge on any atom is -0.241 e. The first kappa shape index (κ1) is 18.8. The first-order valence-corrected chi connectivity index (χ1v) is 5.69. The third-order valence-corrected chi connectivity index (χ3v) is 0.935. The second-order valence-electron chi connectivity index (χ2n) is 1.52. The second-order valence-corrected chi connectivity index (χ2v) is 1.52. The van der Waals surface area contributed by atoms with E-state index in [1.165, 1.54) is 0 Å². The fraction of sp³-hybridized carbons (Fsp3) is 0.667. The number of nitrogens with zero attached hydrogens (tertiary/aromatic N) is 2. The van der Waals surface area contributed by atoms with Crippen molar-refractivity contribution in [3.05, 3.63) is 24.3 Å². The molecule has 1 aromatic heterocycles. The zero-order valence-electron chi connectivity index (χ0n) is 10.8. The Morgan fingerprint density at radius 3 is 1.43 bits per heavy atom. The van der Waals surface area contributed by atoms with E-state index in [0.29, 0.717) is 0 Å². The SMILES string of the molecule is CC.CC.CC.CCc1ncccn1. The van der Waals surface area contributed by atoms with Crippen LogP contribution in [0.4, 0.5) is 0 Å². The minimum atomic E-state index is 0.910. The predicted octanol–water partition coefficient (Wildman–Crippen LogP) is 4.12. The monoisotopic (exact) mass is 198 g/mol. The lowest BCUT2D eigenvalue weighted by Gasteiger charge is -1.87. The van der Waals surface area contributed by atoms with Crippen LogP contribution in [0.5, 0.6) is 0 Å². The maximum absolute atomic E-state index is 3.99. The Morgan fingerprint density at radius 2 is 1.21 bits per heavy atom. The Labute approximate surface area is 89.8 Å². The van der Waals surface area contributed by atoms with Gasteiger partial charge in [0.25, 0.3) is 0 Å². The van der Waals surface area contributed by atoms with Gasteiger partial charge in [0.2, 0.25) is 0 Å². The molecule has 14 heavy (non-hydrogen) atoms. The Kier molecular flexibility index (Phi) is 30.5. The van der Waals surface area contributed by atoms with Gasteiger partial charge in [0.05, 0.1) is 0 Å². The molecule has 0 radical (unpaired) electrons. The Morgan fingerprint density at radius 1 is 0.857 bits per heavy atom. The van der Waals surface area contributed by atoms with Gasteiger partial charge in [-0.15, -0.1) is 0 Å². The van der Waals surface area contributed by atoms with Gasteiger partial charge in [-0.05, 0) is 6.07 Å². The van der Waals surface area contributed by atoms with Crippen molar-refractivity contribution in [1.29, 1.82) is 0 Å². The van der Waals surface area contributed by atoms with E-state index in [2.05, 4.69) is 9.97 Å². The lowest BCUT2D eigenvalue weighted by atomic mass is 10.4. The van der Waals surface area contributed by atoms with Gasteiger partial charge < -0.3 is 0 Å². The Hall–Kier alpha value is -0.920. The maximum Gasteiger partial charge on any atom is 0.127 e. The van der Waals surface area contributed by atoms with Crippen LogP contribution in [-0.2, 0) is 6.42 Å². The lowest BCUT2D eigenvalue weighted by Crippen LogP contribution is -1.87. The molecule has 0 bridgehead atoms. The number of hydrogen-bond donors (Lipinski definition) is 0. The van der Waals surface area contributed by atoms with Crippen LogP contribution in [0.15, 0.2) is 18.5 Å². The van der Waals surface area contributed by atoms with Gasteiger partial charge in [-0.1, -0.05) is 48.5 Å². The number of aromatic nitrogens is 2. The molecule has 0 amide bonds. The van der Waals surface area contributed by atoms with Crippen molar-refractivity contribution in [1.82, 2.24) is 9.97 Å². The fourth-order valence-corrected chi connectivity index (χ4v) is 0.513. The molecule has 0 aliphatic heterocycles. The van der Waals surface area contributed by atoms with Crippen molar-refractivity contribution in [2.45, 2.75) is 54.9 Å². The first-order chi connectivity index (χ1) is 6.93. The quantitative estimate of drug-likeness (QED) is 0.678. The molecule has 2 nitrogen and oxygen atoms in total. The van der Waals surface area contributed by atoms with Gasteiger partial charge in [-0.25, -0.2) is 9.97 Å². The van der Waals surface area contributed by atoms with Crippen molar-refractivity contribution < 1.29 is 0 Å². The van der Waals surface area contributed by atoms with E-state index in [4.69, 9.17) is 0 Å². The van der Waals surface area contributed by atoms with Crippen LogP contribution in [0, 0.1) is 0 Å². The van der Waals surface area contributed by atoms with Crippen LogP contribution >= 0.6 is 0 Å². The van der Waals surface area contributed by atoms with Crippen molar-refractivity contribution in [3.63, 3.8) is 0 Å². The van der Waals surface area contributed by atoms with E-state index < -0.39 is 0 Å². The zero-order valence-corrected chi connectivity index (χ0v) is 10.8. The molecule has 0 saturated heterocycles. The molecule has 0 aromatic carbocycles. The second kappa shape index (κ2) is 22.7. The highest BCUT2D eigenvalue weighted by atomic mass is 14.8. The summed E-state index contributed by atoms with van der Waals surface area (Å²) >= 11 is 0. The summed E-state index contributed by atoms with van der Waals surface area (Å²) in [5.41, 5.74) is 0. The predicted molar refractivity (Wildman–Crippen MR) is 65.5 cm³/mol. The van der Waals surface area contributed by atoms with Crippen LogP contribution < -0.4 is 0 Å². The zero-order chi connectivity index (χ0) is 11.8. The van der Waals surface area contributed by atoms with Gasteiger partial charge in [0, 0.05) is 18.8 Å². The van der Waals surface area contributed by atoms with Gasteiger partial charge in [-0.2, -0.15) is 0 Å². The average Bonchev–Trinajstić information content (AvgIpc) is 2.37. The van der Waals surface area contributed by atoms with E-state index in [1.54, 1.807) is 12.4 Å². The van der Waals surface area contributed by atoms with Crippen LogP contribution in [-0.4, -0.2) is 9.97 Å². The van der Waals surface area contributed by atoms with E-state index in [-0.39, 0.29) is 0 Å². The van der Waals surface area contributed by atoms with E-state index in [9.17, 15) is 0 Å². The fourth-order valence-electron chi connectivity index (χ4n) is 0.513. The molecule has 0 atom stereocenters. The normalized spacial score (nSPS) is 6.50. The summed E-state index contributed by atoms with van der Waals surface area (Å²) in [5.74, 6) is 0.910. The van der Waals surface area contributed by atoms with Gasteiger partial charge >= 0.3 is 0 Å². The van der Waals surface area contributed by atoms with E-state index >= 15 is 0 Å². The molecule has 1 aromatic rings. The van der Waals surface area contributed by atoms with Gasteiger partial charge in [0.1, 0.15) is 5.82 Å². The summed E-state index contributed by atoms with van der Waals surface area (Å²) in [7, 11) is 0. The highest BCUT2D eigenvalue weighted by molar-refractivity contribution is 4.86. The molecule has 1 heterocycles. The number of rotatable bonds is 1. The highest BCUT2D eigenvalue weighted by Gasteiger charge is 1.83. The Balaban J connectivity index is -0.000000174. The average molecular weight is 198 g/mol. The standard InChI is InChI=1S/C6H8N2.3C2H6/c1-2-6-7-4-3-5-8-6;3*1-2/h3-5H,2H2,1H3;3*1-2H3. The highest BCUT2D eigenvalue weighted by Crippen LogP contribution is 1.85. The molecule has 0 unspecified atom stereocenters. The summed E-state index contributed by atoms with van der Waals surface area (Å²) < 4.78 is 0. The van der Waals surface area contributed by atoms with Gasteiger partial charge in [0.15, 0.2) is 0 Å². The van der Waals surface area contributed by atoms with Crippen LogP contribution in [0.3, 0.4) is 0 Å². The molecule has 1 rings (SSSR count). The molecule has 2 heteroatoms. The molecule has 84 valence electrons. The van der Waals surface area contributed by atoms with Crippen LogP contribution in [0.2, 0.25) is 0 Å². The minimum absolute atomic E-state index is 0.910. The molecular formula is C12H26N2. The first-order valence-electron chi connectivity index (χ1n) is 5.69. The Bertz CT molecular complexity index is 150. The lowest BCUT2D eigenvalue weighted by molar-refractivity contribution is 0.939. The van der Waals surface area contributed by atoms with Crippen LogP contribution in [0.1, 0.15) is 54.3 Å². The van der Waals surface area contributed by atoms with Crippen molar-refractivity contribution >= 4 is 0 Å². The summed E-state index contributed by atoms with van der Waals surface area (Å²) in [4.78, 5) is 7.97. The third kappa shape index (κ3) is 13.7. The summed E-state index contributed by atoms with van der Waals surface area (Å²) in [6.07, 6.45) is 4.43. The van der Waals surface area contributed by atoms with E-state index in [0.717, 1.165) is 12.2 Å². The summed E-state index contributed by atoms with van der Waals surface area (Å²) in [6.45, 7) is 14.0. The smallest absolute Gasteiger partial charge is 0.127 e. The maximum atomic E-state index is 3.99. The third-order valence-electron chi connectivity index (χ3n) is 0.935. The van der Waals surface area contributed by atoms with Crippen molar-refractivity contribution in [2.75, 3.05) is 0 Å². The van der Waals surface area contributed by atoms with E-state index in [1.807, 2.05) is 54.5 Å². The molecule has 0 spiro atoms. The molecule has 0 aliphatic carbocycles. The summed E-state index contributed by atoms with van der Waals surface area (Å²) in [6, 6.07) is 1.82. The van der Waals surface area contributed by atoms with Crippen molar-refractivity contribution in [2.24, 2.45) is 0 Å². The number of aryl methyl sites for hydroxylation is 1. The number of hydrogen-bond acceptors (Lipinski definition) is 2. The molecule has 0 saturated carbocycles. The van der Waals surface area contributed by atoms with Crippen molar-refractivity contribution in [3.8, 4) is 0 Å². The molecule has 0 aliphatic rings. The van der Waals surface area contributed by atoms with Crippen LogP contribution in [0.25, 0.3) is 0 Å². The summed E-state index contributed by atoms with van der Waals surface area (Å²) in [5, 5.41) is 0. The molecule has 0 N–H and O–H groups in total. The molecule has 0 fully saturated rings. The largest absolute Gasteiger partial charge is 0.241 e. The van der Waals surface area contributed by atoms with Gasteiger partial charge in [-0.3, -0.25) is 0 Å².